The van der Waals surface area contributed by atoms with E-state index in [1.54, 1.807) is 11.3 Å². The maximum Gasteiger partial charge on any atom is 0.231 e. The number of Topliss-reactive ketones (excluding diaryl/α,β-unsaturated/α-hetero) is 1. The molecule has 2 aromatic rings. The first-order valence-corrected chi connectivity index (χ1v) is 9.70. The normalized spacial score (nSPS) is 12.4. The van der Waals surface area contributed by atoms with Gasteiger partial charge in [-0.1, -0.05) is 31.7 Å². The largest absolute Gasteiger partial charge is 0.345 e. The Kier molecular flexibility index (Phi) is 6.56. The van der Waals surface area contributed by atoms with Crippen molar-refractivity contribution < 1.29 is 9.59 Å². The molecule has 2 aromatic heterocycles. The zero-order chi connectivity index (χ0) is 17.7. The van der Waals surface area contributed by atoms with E-state index in [0.717, 1.165) is 17.2 Å². The van der Waals surface area contributed by atoms with Crippen molar-refractivity contribution in [1.29, 1.82) is 0 Å². The van der Waals surface area contributed by atoms with Crippen LogP contribution in [0.3, 0.4) is 0 Å². The smallest absolute Gasteiger partial charge is 0.231 e. The molecule has 2 rings (SSSR count). The molecule has 1 amide bonds. The number of carbonyl (C=O) groups excluding carboxylic acids is 2. The van der Waals surface area contributed by atoms with Crippen LogP contribution in [-0.2, 0) is 16.1 Å². The minimum Gasteiger partial charge on any atom is -0.345 e. The Bertz CT molecular complexity index is 695. The summed E-state index contributed by atoms with van der Waals surface area (Å²) in [6.45, 7) is 8.08. The molecule has 1 atom stereocenters. The number of nitrogens with one attached hydrogen (secondary N) is 1. The molecule has 0 radical (unpaired) electrons. The van der Waals surface area contributed by atoms with Gasteiger partial charge in [0.2, 0.25) is 5.91 Å². The SMILES string of the molecule is CCn1c(SCC(=O)N[C@H](C(C)=O)C(C)C)nnc1-c1cccs1. The average molecular weight is 367 g/mol. The number of ketones is 1. The lowest BCUT2D eigenvalue weighted by molar-refractivity contribution is -0.126. The van der Waals surface area contributed by atoms with Crippen molar-refractivity contribution in [1.82, 2.24) is 20.1 Å². The predicted octanol–water partition coefficient (Wildman–Crippen LogP) is 2.85. The number of thioether (sulfide) groups is 1. The van der Waals surface area contributed by atoms with Crippen molar-refractivity contribution in [3.8, 4) is 10.7 Å². The molecule has 0 bridgehead atoms. The van der Waals surface area contributed by atoms with Crippen molar-refractivity contribution in [3.63, 3.8) is 0 Å². The molecular weight excluding hydrogens is 344 g/mol. The highest BCUT2D eigenvalue weighted by Crippen LogP contribution is 2.27. The van der Waals surface area contributed by atoms with E-state index >= 15 is 0 Å². The number of carbonyl (C=O) groups is 2. The van der Waals surface area contributed by atoms with Gasteiger partial charge >= 0.3 is 0 Å². The molecule has 0 aliphatic carbocycles. The van der Waals surface area contributed by atoms with Crippen molar-refractivity contribution >= 4 is 34.8 Å². The molecule has 0 unspecified atom stereocenters. The Balaban J connectivity index is 2.02. The lowest BCUT2D eigenvalue weighted by Crippen LogP contribution is -2.44. The van der Waals surface area contributed by atoms with Gasteiger partial charge in [-0.2, -0.15) is 0 Å². The maximum absolute atomic E-state index is 12.1. The van der Waals surface area contributed by atoms with Gasteiger partial charge in [0.1, 0.15) is 0 Å². The zero-order valence-electron chi connectivity index (χ0n) is 14.3. The first kappa shape index (κ1) is 18.7. The lowest BCUT2D eigenvalue weighted by atomic mass is 10.0. The van der Waals surface area contributed by atoms with Gasteiger partial charge in [0.15, 0.2) is 16.8 Å². The minimum absolute atomic E-state index is 0.0277. The van der Waals surface area contributed by atoms with E-state index in [1.165, 1.54) is 18.7 Å². The molecule has 0 spiro atoms. The summed E-state index contributed by atoms with van der Waals surface area (Å²) in [6, 6.07) is 3.54. The Morgan fingerprint density at radius 3 is 2.67 bits per heavy atom. The van der Waals surface area contributed by atoms with Crippen LogP contribution in [-0.4, -0.2) is 38.2 Å². The van der Waals surface area contributed by atoms with E-state index in [1.807, 2.05) is 42.9 Å². The standard InChI is InChI=1S/C16H22N4O2S2/c1-5-20-15(12-7-6-8-23-12)18-19-16(20)24-9-13(22)17-14(10(2)3)11(4)21/h6-8,10,14H,5,9H2,1-4H3,(H,17,22)/t14-/m0/s1. The molecule has 2 heterocycles. The first-order chi connectivity index (χ1) is 11.4. The van der Waals surface area contributed by atoms with Crippen LogP contribution in [0.4, 0.5) is 0 Å². The molecule has 130 valence electrons. The summed E-state index contributed by atoms with van der Waals surface area (Å²) in [4.78, 5) is 24.8. The van der Waals surface area contributed by atoms with Gasteiger partial charge in [0.25, 0.3) is 0 Å². The van der Waals surface area contributed by atoms with Gasteiger partial charge in [-0.25, -0.2) is 0 Å². The molecule has 6 nitrogen and oxygen atoms in total. The predicted molar refractivity (Wildman–Crippen MR) is 97.2 cm³/mol. The maximum atomic E-state index is 12.1. The number of nitrogens with zero attached hydrogens (tertiary/aromatic N) is 3. The fourth-order valence-electron chi connectivity index (χ4n) is 2.35. The monoisotopic (exact) mass is 366 g/mol. The molecule has 24 heavy (non-hydrogen) atoms. The third-order valence-electron chi connectivity index (χ3n) is 3.53. The highest BCUT2D eigenvalue weighted by atomic mass is 32.2. The van der Waals surface area contributed by atoms with Crippen LogP contribution in [0.25, 0.3) is 10.7 Å². The van der Waals surface area contributed by atoms with E-state index in [9.17, 15) is 9.59 Å². The number of hydrogen-bond acceptors (Lipinski definition) is 6. The van der Waals surface area contributed by atoms with E-state index in [4.69, 9.17) is 0 Å². The zero-order valence-corrected chi connectivity index (χ0v) is 15.9. The highest BCUT2D eigenvalue weighted by molar-refractivity contribution is 7.99. The summed E-state index contributed by atoms with van der Waals surface area (Å²) < 4.78 is 1.99. The van der Waals surface area contributed by atoms with Gasteiger partial charge in [0.05, 0.1) is 16.7 Å². The van der Waals surface area contributed by atoms with Gasteiger partial charge in [-0.15, -0.1) is 21.5 Å². The second kappa shape index (κ2) is 8.43. The molecule has 1 N–H and O–H groups in total. The van der Waals surface area contributed by atoms with Crippen LogP contribution in [0, 0.1) is 5.92 Å². The minimum atomic E-state index is -0.441. The summed E-state index contributed by atoms with van der Waals surface area (Å²) >= 11 is 2.94. The Morgan fingerprint density at radius 2 is 2.12 bits per heavy atom. The molecule has 0 saturated heterocycles. The Hall–Kier alpha value is -1.67. The summed E-state index contributed by atoms with van der Waals surface area (Å²) in [7, 11) is 0. The second-order valence-electron chi connectivity index (χ2n) is 5.72. The van der Waals surface area contributed by atoms with Gasteiger partial charge in [0, 0.05) is 6.54 Å². The van der Waals surface area contributed by atoms with E-state index in [2.05, 4.69) is 15.5 Å². The fourth-order valence-corrected chi connectivity index (χ4v) is 3.88. The van der Waals surface area contributed by atoms with Crippen LogP contribution in [0.5, 0.6) is 0 Å². The number of amides is 1. The molecule has 8 heteroatoms. The van der Waals surface area contributed by atoms with Crippen molar-refractivity contribution in [2.75, 3.05) is 5.75 Å². The van der Waals surface area contributed by atoms with Gasteiger partial charge in [-0.3, -0.25) is 9.59 Å². The van der Waals surface area contributed by atoms with Crippen LogP contribution in [0.15, 0.2) is 22.7 Å². The molecule has 0 aliphatic rings. The quantitative estimate of drug-likeness (QED) is 0.727. The summed E-state index contributed by atoms with van der Waals surface area (Å²) in [5.74, 6) is 0.900. The van der Waals surface area contributed by atoms with Crippen LogP contribution in [0.1, 0.15) is 27.7 Å². The average Bonchev–Trinajstić information content (AvgIpc) is 3.18. The Labute approximate surface area is 150 Å². The van der Waals surface area contributed by atoms with Crippen molar-refractivity contribution in [2.45, 2.75) is 45.4 Å². The summed E-state index contributed by atoms with van der Waals surface area (Å²) in [5, 5.41) is 13.9. The number of thiophene rings is 1. The first-order valence-electron chi connectivity index (χ1n) is 7.83. The third-order valence-corrected chi connectivity index (χ3v) is 5.36. The third kappa shape index (κ3) is 4.45. The van der Waals surface area contributed by atoms with Crippen LogP contribution < -0.4 is 5.32 Å². The van der Waals surface area contributed by atoms with Crippen molar-refractivity contribution in [3.05, 3.63) is 17.5 Å². The van der Waals surface area contributed by atoms with Crippen LogP contribution in [0.2, 0.25) is 0 Å². The van der Waals surface area contributed by atoms with E-state index in [-0.39, 0.29) is 23.4 Å². The number of aromatic nitrogens is 3. The highest BCUT2D eigenvalue weighted by Gasteiger charge is 2.21. The molecule has 0 saturated carbocycles. The lowest BCUT2D eigenvalue weighted by Gasteiger charge is -2.19. The Morgan fingerprint density at radius 1 is 1.38 bits per heavy atom. The van der Waals surface area contributed by atoms with E-state index in [0.29, 0.717) is 5.16 Å². The number of hydrogen-bond donors (Lipinski definition) is 1. The van der Waals surface area contributed by atoms with Gasteiger partial charge < -0.3 is 9.88 Å². The van der Waals surface area contributed by atoms with Crippen molar-refractivity contribution in [2.24, 2.45) is 5.92 Å². The number of rotatable bonds is 8. The molecule has 0 fully saturated rings. The summed E-state index contributed by atoms with van der Waals surface area (Å²) in [5.41, 5.74) is 0. The van der Waals surface area contributed by atoms with E-state index < -0.39 is 6.04 Å². The molecule has 0 aliphatic heterocycles. The molecular formula is C16H22N4O2S2. The topological polar surface area (TPSA) is 76.9 Å². The van der Waals surface area contributed by atoms with Crippen LogP contribution >= 0.6 is 23.1 Å². The molecule has 0 aromatic carbocycles. The second-order valence-corrected chi connectivity index (χ2v) is 7.61. The summed E-state index contributed by atoms with van der Waals surface area (Å²) in [6.07, 6.45) is 0. The fraction of sp³-hybridized carbons (Fsp3) is 0.500. The van der Waals surface area contributed by atoms with Gasteiger partial charge in [-0.05, 0) is 31.2 Å².